The number of aromatic nitrogens is 1. The van der Waals surface area contributed by atoms with E-state index in [1.165, 1.54) is 16.2 Å². The van der Waals surface area contributed by atoms with E-state index in [1.807, 2.05) is 27.8 Å². The first-order valence-corrected chi connectivity index (χ1v) is 10.9. The van der Waals surface area contributed by atoms with Crippen molar-refractivity contribution in [2.24, 2.45) is 0 Å². The maximum atomic E-state index is 13.1. The highest BCUT2D eigenvalue weighted by Crippen LogP contribution is 2.28. The quantitative estimate of drug-likeness (QED) is 0.832. The summed E-state index contributed by atoms with van der Waals surface area (Å²) in [5.41, 5.74) is 0.523. The van der Waals surface area contributed by atoms with Gasteiger partial charge in [0.25, 0.3) is 5.91 Å². The second-order valence-corrected chi connectivity index (χ2v) is 9.98. The van der Waals surface area contributed by atoms with Crippen LogP contribution in [0.4, 0.5) is 4.79 Å². The second-order valence-electron chi connectivity index (χ2n) is 8.90. The predicted molar refractivity (Wildman–Crippen MR) is 110 cm³/mol. The molecular formula is C20H32N4O3S. The fraction of sp³-hybridized carbons (Fsp3) is 0.750. The Balaban J connectivity index is 1.69. The lowest BCUT2D eigenvalue weighted by molar-refractivity contribution is 0.0414. The molecule has 0 radical (unpaired) electrons. The lowest BCUT2D eigenvalue weighted by Crippen LogP contribution is -2.54. The fourth-order valence-electron chi connectivity index (χ4n) is 3.92. The molecule has 2 heterocycles. The van der Waals surface area contributed by atoms with Crippen LogP contribution in [0.1, 0.15) is 66.8 Å². The van der Waals surface area contributed by atoms with Crippen LogP contribution in [0.25, 0.3) is 0 Å². The normalized spacial score (nSPS) is 23.0. The Morgan fingerprint density at radius 2 is 2.00 bits per heavy atom. The number of nitrogens with zero attached hydrogens (tertiary/aromatic N) is 3. The van der Waals surface area contributed by atoms with Crippen LogP contribution in [0.2, 0.25) is 0 Å². The minimum atomic E-state index is -0.539. The zero-order chi connectivity index (χ0) is 20.5. The lowest BCUT2D eigenvalue weighted by atomic mass is 9.89. The molecular weight excluding hydrogens is 376 g/mol. The van der Waals surface area contributed by atoms with Crippen molar-refractivity contribution in [3.05, 3.63) is 15.6 Å². The van der Waals surface area contributed by atoms with Crippen LogP contribution in [0.15, 0.2) is 0 Å². The summed E-state index contributed by atoms with van der Waals surface area (Å²) in [6, 6.07) is -0.143. The summed E-state index contributed by atoms with van der Waals surface area (Å²) >= 11 is 1.51. The van der Waals surface area contributed by atoms with E-state index in [4.69, 9.17) is 4.74 Å². The van der Waals surface area contributed by atoms with Gasteiger partial charge in [-0.2, -0.15) is 0 Å². The fourth-order valence-corrected chi connectivity index (χ4v) is 5.09. The number of hydrogen-bond acceptors (Lipinski definition) is 6. The zero-order valence-electron chi connectivity index (χ0n) is 17.6. The van der Waals surface area contributed by atoms with Crippen molar-refractivity contribution in [2.75, 3.05) is 20.6 Å². The molecule has 1 aromatic heterocycles. The number of alkyl carbamates (subject to hydrolysis) is 1. The molecule has 0 aromatic carbocycles. The highest BCUT2D eigenvalue weighted by Gasteiger charge is 2.34. The Morgan fingerprint density at radius 1 is 1.29 bits per heavy atom. The summed E-state index contributed by atoms with van der Waals surface area (Å²) in [7, 11) is 3.92. The lowest BCUT2D eigenvalue weighted by Gasteiger charge is -2.38. The van der Waals surface area contributed by atoms with Gasteiger partial charge < -0.3 is 19.9 Å². The number of thiazole rings is 1. The Labute approximate surface area is 171 Å². The molecule has 0 saturated heterocycles. The average molecular weight is 409 g/mol. The molecule has 1 N–H and O–H groups in total. The second kappa shape index (κ2) is 8.37. The monoisotopic (exact) mass is 408 g/mol. The van der Waals surface area contributed by atoms with Crippen molar-refractivity contribution in [3.63, 3.8) is 0 Å². The standard InChI is InChI=1S/C20H32N4O3S/c1-20(2,3)27-19(26)22-13-8-6-7-9-15(13)24(5)18(25)17-21-14-10-11-23(4)12-16(14)28-17/h13,15H,6-12H2,1-5H3,(H,22,26)/t13-,15+/m0/s1. The number of amides is 2. The first-order valence-electron chi connectivity index (χ1n) is 10.1. The zero-order valence-corrected chi connectivity index (χ0v) is 18.4. The van der Waals surface area contributed by atoms with Gasteiger partial charge in [-0.05, 0) is 40.7 Å². The van der Waals surface area contributed by atoms with Crippen molar-refractivity contribution >= 4 is 23.3 Å². The molecule has 1 aromatic rings. The molecule has 0 unspecified atom stereocenters. The number of fused-ring (bicyclic) bond motifs is 1. The maximum absolute atomic E-state index is 13.1. The third kappa shape index (κ3) is 5.03. The number of rotatable bonds is 3. The highest BCUT2D eigenvalue weighted by molar-refractivity contribution is 7.13. The number of carbonyl (C=O) groups is 2. The van der Waals surface area contributed by atoms with Crippen molar-refractivity contribution in [1.82, 2.24) is 20.1 Å². The van der Waals surface area contributed by atoms with Gasteiger partial charge in [0.05, 0.1) is 17.8 Å². The Kier molecular flexibility index (Phi) is 6.29. The van der Waals surface area contributed by atoms with Crippen molar-refractivity contribution in [1.29, 1.82) is 0 Å². The third-order valence-electron chi connectivity index (χ3n) is 5.35. The molecule has 0 bridgehead atoms. The smallest absolute Gasteiger partial charge is 0.407 e. The number of carbonyl (C=O) groups excluding carboxylic acids is 2. The molecule has 3 rings (SSSR count). The Morgan fingerprint density at radius 3 is 2.71 bits per heavy atom. The topological polar surface area (TPSA) is 74.8 Å². The first kappa shape index (κ1) is 21.0. The van der Waals surface area contributed by atoms with E-state index < -0.39 is 11.7 Å². The third-order valence-corrected chi connectivity index (χ3v) is 6.42. The van der Waals surface area contributed by atoms with Gasteiger partial charge in [-0.15, -0.1) is 11.3 Å². The highest BCUT2D eigenvalue weighted by atomic mass is 32.1. The van der Waals surface area contributed by atoms with Crippen molar-refractivity contribution in [2.45, 2.75) is 77.1 Å². The largest absolute Gasteiger partial charge is 0.444 e. The average Bonchev–Trinajstić information content (AvgIpc) is 3.02. The molecule has 2 amide bonds. The summed E-state index contributed by atoms with van der Waals surface area (Å²) in [5, 5.41) is 3.55. The van der Waals surface area contributed by atoms with Crippen molar-refractivity contribution < 1.29 is 14.3 Å². The maximum Gasteiger partial charge on any atom is 0.407 e. The molecule has 2 atom stereocenters. The predicted octanol–water partition coefficient (Wildman–Crippen LogP) is 3.04. The SMILES string of the molecule is CN1CCc2nc(C(=O)N(C)[C@@H]3CCCC[C@@H]3NC(=O)OC(C)(C)C)sc2C1. The van der Waals surface area contributed by atoms with E-state index in [-0.39, 0.29) is 18.0 Å². The van der Waals surface area contributed by atoms with E-state index in [0.29, 0.717) is 5.01 Å². The minimum absolute atomic E-state index is 0.0441. The molecule has 156 valence electrons. The molecule has 1 fully saturated rings. The summed E-state index contributed by atoms with van der Waals surface area (Å²) in [5.74, 6) is -0.0510. The molecule has 7 nitrogen and oxygen atoms in total. The summed E-state index contributed by atoms with van der Waals surface area (Å²) < 4.78 is 5.41. The summed E-state index contributed by atoms with van der Waals surface area (Å²) in [6.45, 7) is 7.38. The van der Waals surface area contributed by atoms with Gasteiger partial charge in [0.1, 0.15) is 5.60 Å². The van der Waals surface area contributed by atoms with Gasteiger partial charge in [0, 0.05) is 31.4 Å². The molecule has 1 aliphatic carbocycles. The van der Waals surface area contributed by atoms with Gasteiger partial charge in [0.2, 0.25) is 0 Å². The van der Waals surface area contributed by atoms with Crippen LogP contribution >= 0.6 is 11.3 Å². The number of likely N-dealkylation sites (N-methyl/N-ethyl adjacent to an activating group) is 2. The van der Waals surface area contributed by atoms with Gasteiger partial charge in [0.15, 0.2) is 5.01 Å². The number of nitrogens with one attached hydrogen (secondary N) is 1. The molecule has 2 aliphatic rings. The summed E-state index contributed by atoms with van der Waals surface area (Å²) in [4.78, 5) is 35.2. The Hall–Kier alpha value is -1.67. The summed E-state index contributed by atoms with van der Waals surface area (Å²) in [6.07, 6.45) is 4.28. The van der Waals surface area contributed by atoms with E-state index in [1.54, 1.807) is 4.90 Å². The van der Waals surface area contributed by atoms with Gasteiger partial charge in [-0.3, -0.25) is 4.79 Å². The molecule has 0 spiro atoms. The molecule has 1 aliphatic heterocycles. The van der Waals surface area contributed by atoms with Crippen LogP contribution in [0.5, 0.6) is 0 Å². The van der Waals surface area contributed by atoms with E-state index in [2.05, 4.69) is 22.2 Å². The number of ether oxygens (including phenoxy) is 1. The van der Waals surface area contributed by atoms with Crippen LogP contribution in [-0.4, -0.2) is 65.1 Å². The van der Waals surface area contributed by atoms with E-state index in [9.17, 15) is 9.59 Å². The minimum Gasteiger partial charge on any atom is -0.444 e. The van der Waals surface area contributed by atoms with Gasteiger partial charge in [-0.1, -0.05) is 12.8 Å². The molecule has 8 heteroatoms. The molecule has 28 heavy (non-hydrogen) atoms. The van der Waals surface area contributed by atoms with Gasteiger partial charge >= 0.3 is 6.09 Å². The van der Waals surface area contributed by atoms with E-state index in [0.717, 1.165) is 50.9 Å². The van der Waals surface area contributed by atoms with Crippen LogP contribution in [0.3, 0.4) is 0 Å². The van der Waals surface area contributed by atoms with Crippen LogP contribution < -0.4 is 5.32 Å². The van der Waals surface area contributed by atoms with Crippen LogP contribution in [-0.2, 0) is 17.7 Å². The number of hydrogen-bond donors (Lipinski definition) is 1. The molecule has 1 saturated carbocycles. The first-order chi connectivity index (χ1) is 13.1. The van der Waals surface area contributed by atoms with E-state index >= 15 is 0 Å². The van der Waals surface area contributed by atoms with Crippen molar-refractivity contribution in [3.8, 4) is 0 Å². The van der Waals surface area contributed by atoms with Gasteiger partial charge in [-0.25, -0.2) is 9.78 Å². The Bertz CT molecular complexity index is 728. The van der Waals surface area contributed by atoms with Crippen LogP contribution in [0, 0.1) is 0 Å².